The van der Waals surface area contributed by atoms with E-state index in [4.69, 9.17) is 9.84 Å². The van der Waals surface area contributed by atoms with Crippen molar-refractivity contribution >= 4 is 5.97 Å². The highest BCUT2D eigenvalue weighted by Gasteiger charge is 2.33. The van der Waals surface area contributed by atoms with Gasteiger partial charge >= 0.3 is 12.3 Å². The van der Waals surface area contributed by atoms with Gasteiger partial charge in [-0.1, -0.05) is 6.07 Å². The molecule has 0 fully saturated rings. The van der Waals surface area contributed by atoms with Crippen LogP contribution in [0.3, 0.4) is 0 Å². The summed E-state index contributed by atoms with van der Waals surface area (Å²) in [5.41, 5.74) is -0.411. The van der Waals surface area contributed by atoms with E-state index in [0.29, 0.717) is 6.07 Å². The molecule has 0 unspecified atom stereocenters. The molecule has 0 saturated carbocycles. The monoisotopic (exact) mass is 316 g/mol. The number of rotatable bonds is 4. The molecule has 0 heterocycles. The Labute approximate surface area is 121 Å². The van der Waals surface area contributed by atoms with Gasteiger partial charge in [0.15, 0.2) is 11.5 Å². The van der Waals surface area contributed by atoms with Gasteiger partial charge in [-0.05, 0) is 30.3 Å². The Morgan fingerprint density at radius 3 is 2.36 bits per heavy atom. The number of carboxylic acids is 1. The summed E-state index contributed by atoms with van der Waals surface area (Å²) in [5.74, 6) is -3.36. The van der Waals surface area contributed by atoms with E-state index in [9.17, 15) is 22.4 Å². The maximum Gasteiger partial charge on any atom is 0.573 e. The van der Waals surface area contributed by atoms with Gasteiger partial charge in [-0.15, -0.1) is 13.2 Å². The summed E-state index contributed by atoms with van der Waals surface area (Å²) in [4.78, 5) is 10.8. The maximum absolute atomic E-state index is 13.0. The van der Waals surface area contributed by atoms with Gasteiger partial charge in [-0.2, -0.15) is 0 Å². The van der Waals surface area contributed by atoms with Crippen molar-refractivity contribution < 1.29 is 36.9 Å². The van der Waals surface area contributed by atoms with E-state index < -0.39 is 35.2 Å². The van der Waals surface area contributed by atoms with Gasteiger partial charge in [0.2, 0.25) is 0 Å². The zero-order valence-electron chi connectivity index (χ0n) is 10.7. The Hall–Kier alpha value is -2.77. The zero-order chi connectivity index (χ0) is 16.3. The molecule has 0 spiro atoms. The van der Waals surface area contributed by atoms with Crippen LogP contribution in [0.25, 0.3) is 0 Å². The summed E-state index contributed by atoms with van der Waals surface area (Å²) in [7, 11) is 0. The van der Waals surface area contributed by atoms with Gasteiger partial charge in [0, 0.05) is 6.07 Å². The van der Waals surface area contributed by atoms with E-state index in [-0.39, 0.29) is 5.75 Å². The van der Waals surface area contributed by atoms with Gasteiger partial charge in [-0.25, -0.2) is 9.18 Å². The van der Waals surface area contributed by atoms with Crippen molar-refractivity contribution in [3.05, 3.63) is 53.8 Å². The van der Waals surface area contributed by atoms with Crippen LogP contribution in [-0.2, 0) is 0 Å². The summed E-state index contributed by atoms with van der Waals surface area (Å²) in [5, 5.41) is 8.80. The lowest BCUT2D eigenvalue weighted by molar-refractivity contribution is -0.275. The van der Waals surface area contributed by atoms with Crippen molar-refractivity contribution in [3.8, 4) is 17.2 Å². The van der Waals surface area contributed by atoms with Crippen molar-refractivity contribution in [3.63, 3.8) is 0 Å². The van der Waals surface area contributed by atoms with Crippen LogP contribution in [0.1, 0.15) is 10.4 Å². The molecule has 0 aliphatic heterocycles. The van der Waals surface area contributed by atoms with Crippen LogP contribution < -0.4 is 9.47 Å². The molecule has 2 rings (SSSR count). The summed E-state index contributed by atoms with van der Waals surface area (Å²) in [6.07, 6.45) is -5.03. The van der Waals surface area contributed by atoms with E-state index in [1.807, 2.05) is 0 Å². The molecule has 0 radical (unpaired) electrons. The molecule has 0 aliphatic rings. The van der Waals surface area contributed by atoms with Crippen molar-refractivity contribution in [2.75, 3.05) is 0 Å². The fourth-order valence-electron chi connectivity index (χ4n) is 1.59. The second kappa shape index (κ2) is 5.92. The second-order valence-corrected chi connectivity index (χ2v) is 4.07. The minimum atomic E-state index is -5.03. The Bertz CT molecular complexity index is 697. The van der Waals surface area contributed by atoms with E-state index >= 15 is 0 Å². The highest BCUT2D eigenvalue weighted by molar-refractivity contribution is 5.88. The van der Waals surface area contributed by atoms with Gasteiger partial charge < -0.3 is 14.6 Å². The topological polar surface area (TPSA) is 55.8 Å². The highest BCUT2D eigenvalue weighted by Crippen LogP contribution is 2.36. The number of aromatic carboxylic acids is 1. The van der Waals surface area contributed by atoms with Gasteiger partial charge in [0.25, 0.3) is 0 Å². The molecular weight excluding hydrogens is 308 g/mol. The van der Waals surface area contributed by atoms with Crippen LogP contribution in [0.5, 0.6) is 17.2 Å². The van der Waals surface area contributed by atoms with Crippen LogP contribution >= 0.6 is 0 Å². The first-order chi connectivity index (χ1) is 10.2. The average Bonchev–Trinajstić information content (AvgIpc) is 2.39. The number of halogens is 4. The first-order valence-corrected chi connectivity index (χ1v) is 5.81. The van der Waals surface area contributed by atoms with E-state index in [2.05, 4.69) is 4.74 Å². The second-order valence-electron chi connectivity index (χ2n) is 4.07. The number of carboxylic acid groups (broad SMARTS) is 1. The molecule has 0 atom stereocenters. The number of carbonyl (C=O) groups is 1. The summed E-state index contributed by atoms with van der Waals surface area (Å²) in [6.45, 7) is 0. The third-order valence-electron chi connectivity index (χ3n) is 2.44. The van der Waals surface area contributed by atoms with Crippen LogP contribution in [0.4, 0.5) is 17.6 Å². The van der Waals surface area contributed by atoms with Crippen LogP contribution in [-0.4, -0.2) is 17.4 Å². The van der Waals surface area contributed by atoms with Crippen molar-refractivity contribution in [1.29, 1.82) is 0 Å². The number of ether oxygens (including phenoxy) is 2. The number of benzene rings is 2. The smallest absolute Gasteiger partial charge is 0.478 e. The summed E-state index contributed by atoms with van der Waals surface area (Å²) >= 11 is 0. The molecule has 0 amide bonds. The minimum absolute atomic E-state index is 0.0601. The van der Waals surface area contributed by atoms with Crippen molar-refractivity contribution in [2.24, 2.45) is 0 Å². The lowest BCUT2D eigenvalue weighted by atomic mass is 10.2. The Balaban J connectivity index is 2.38. The minimum Gasteiger partial charge on any atom is -0.478 e. The maximum atomic E-state index is 13.0. The SMILES string of the molecule is O=C(O)c1ccc(Oc2cccc(F)c2)c(OC(F)(F)F)c1. The van der Waals surface area contributed by atoms with Gasteiger partial charge in [0.1, 0.15) is 11.6 Å². The summed E-state index contributed by atoms with van der Waals surface area (Å²) < 4.78 is 59.0. The van der Waals surface area contributed by atoms with E-state index in [0.717, 1.165) is 24.3 Å². The fraction of sp³-hybridized carbons (Fsp3) is 0.0714. The third kappa shape index (κ3) is 4.11. The number of hydrogen-bond acceptors (Lipinski definition) is 3. The Kier molecular flexibility index (Phi) is 4.20. The molecule has 4 nitrogen and oxygen atoms in total. The highest BCUT2D eigenvalue weighted by atomic mass is 19.4. The largest absolute Gasteiger partial charge is 0.573 e. The molecule has 0 aromatic heterocycles. The molecule has 2 aromatic rings. The Morgan fingerprint density at radius 2 is 1.77 bits per heavy atom. The Morgan fingerprint density at radius 1 is 1.05 bits per heavy atom. The van der Waals surface area contributed by atoms with Gasteiger partial charge in [-0.3, -0.25) is 0 Å². The van der Waals surface area contributed by atoms with Gasteiger partial charge in [0.05, 0.1) is 5.56 Å². The quantitative estimate of drug-likeness (QED) is 0.858. The normalized spacial score (nSPS) is 11.1. The van der Waals surface area contributed by atoms with Crippen LogP contribution in [0.2, 0.25) is 0 Å². The molecule has 2 aromatic carbocycles. The summed E-state index contributed by atoms with van der Waals surface area (Å²) in [6, 6.07) is 7.43. The molecule has 0 saturated heterocycles. The zero-order valence-corrected chi connectivity index (χ0v) is 10.7. The van der Waals surface area contributed by atoms with Crippen LogP contribution in [0.15, 0.2) is 42.5 Å². The molecule has 1 N–H and O–H groups in total. The molecular formula is C14H8F4O4. The standard InChI is InChI=1S/C14H8F4O4/c15-9-2-1-3-10(7-9)21-11-5-4-8(13(19)20)6-12(11)22-14(16,17)18/h1-7H,(H,19,20). The predicted molar refractivity (Wildman–Crippen MR) is 66.6 cm³/mol. The predicted octanol–water partition coefficient (Wildman–Crippen LogP) is 4.21. The molecule has 8 heteroatoms. The fourth-order valence-corrected chi connectivity index (χ4v) is 1.59. The molecule has 22 heavy (non-hydrogen) atoms. The molecule has 116 valence electrons. The van der Waals surface area contributed by atoms with E-state index in [1.165, 1.54) is 12.1 Å². The van der Waals surface area contributed by atoms with Crippen molar-refractivity contribution in [1.82, 2.24) is 0 Å². The first-order valence-electron chi connectivity index (χ1n) is 5.81. The van der Waals surface area contributed by atoms with Crippen molar-refractivity contribution in [2.45, 2.75) is 6.36 Å². The molecule has 0 bridgehead atoms. The molecule has 0 aliphatic carbocycles. The average molecular weight is 316 g/mol. The first kappa shape index (κ1) is 15.6. The lowest BCUT2D eigenvalue weighted by Gasteiger charge is -2.14. The third-order valence-corrected chi connectivity index (χ3v) is 2.44. The van der Waals surface area contributed by atoms with E-state index in [1.54, 1.807) is 0 Å². The number of alkyl halides is 3. The van der Waals surface area contributed by atoms with Crippen LogP contribution in [0, 0.1) is 5.82 Å². The number of hydrogen-bond donors (Lipinski definition) is 1. The lowest BCUT2D eigenvalue weighted by Crippen LogP contribution is -2.18.